The summed E-state index contributed by atoms with van der Waals surface area (Å²) in [6, 6.07) is 11.9. The Morgan fingerprint density at radius 2 is 1.95 bits per heavy atom. The number of hydrogen-bond acceptors (Lipinski definition) is 2. The predicted octanol–water partition coefficient (Wildman–Crippen LogP) is 3.32. The summed E-state index contributed by atoms with van der Waals surface area (Å²) in [5, 5.41) is 14.2. The van der Waals surface area contributed by atoms with Gasteiger partial charge in [-0.05, 0) is 24.3 Å². The fourth-order valence-corrected chi connectivity index (χ4v) is 1.57. The van der Waals surface area contributed by atoms with Crippen molar-refractivity contribution < 1.29 is 14.3 Å². The van der Waals surface area contributed by atoms with E-state index in [1.54, 1.807) is 30.3 Å². The van der Waals surface area contributed by atoms with E-state index < -0.39 is 6.03 Å². The number of nitrogens with one attached hydrogen (secondary N) is 2. The molecule has 0 aliphatic heterocycles. The van der Waals surface area contributed by atoms with Crippen LogP contribution in [0.15, 0.2) is 54.7 Å². The number of amides is 2. The molecule has 0 spiro atoms. The van der Waals surface area contributed by atoms with Gasteiger partial charge in [0, 0.05) is 23.5 Å². The van der Waals surface area contributed by atoms with Crippen LogP contribution in [0.1, 0.15) is 5.56 Å². The van der Waals surface area contributed by atoms with Gasteiger partial charge < -0.3 is 15.7 Å². The number of carbonyl (C=O) groups is 1. The molecule has 0 heterocycles. The first-order valence-corrected chi connectivity index (χ1v) is 5.93. The van der Waals surface area contributed by atoms with Crippen molar-refractivity contribution in [1.82, 2.24) is 5.32 Å². The Kier molecular flexibility index (Phi) is 4.34. The first-order chi connectivity index (χ1) is 9.65. The van der Waals surface area contributed by atoms with Gasteiger partial charge in [0.15, 0.2) is 0 Å². The van der Waals surface area contributed by atoms with Crippen LogP contribution < -0.4 is 10.6 Å². The van der Waals surface area contributed by atoms with Crippen molar-refractivity contribution in [1.29, 1.82) is 0 Å². The molecule has 0 aliphatic rings. The lowest BCUT2D eigenvalue weighted by Gasteiger charge is -2.04. The van der Waals surface area contributed by atoms with Crippen molar-refractivity contribution in [2.24, 2.45) is 0 Å². The minimum absolute atomic E-state index is 0.0599. The lowest BCUT2D eigenvalue weighted by atomic mass is 10.2. The van der Waals surface area contributed by atoms with Crippen LogP contribution in [0.5, 0.6) is 5.75 Å². The summed E-state index contributed by atoms with van der Waals surface area (Å²) in [6.45, 7) is 0. The van der Waals surface area contributed by atoms with Gasteiger partial charge in [0.1, 0.15) is 11.6 Å². The molecule has 0 bridgehead atoms. The summed E-state index contributed by atoms with van der Waals surface area (Å²) in [5.41, 5.74) is 0.840. The summed E-state index contributed by atoms with van der Waals surface area (Å²) in [5.74, 6) is -0.302. The molecule has 3 N–H and O–H groups in total. The molecule has 0 unspecified atom stereocenters. The van der Waals surface area contributed by atoms with Gasteiger partial charge in [-0.2, -0.15) is 0 Å². The van der Waals surface area contributed by atoms with Gasteiger partial charge in [0.25, 0.3) is 0 Å². The van der Waals surface area contributed by atoms with Crippen molar-refractivity contribution in [2.45, 2.75) is 0 Å². The maximum atomic E-state index is 13.3. The topological polar surface area (TPSA) is 61.4 Å². The third-order valence-electron chi connectivity index (χ3n) is 2.49. The zero-order chi connectivity index (χ0) is 14.4. The number of rotatable bonds is 3. The molecule has 0 saturated carbocycles. The van der Waals surface area contributed by atoms with E-state index in [0.717, 1.165) is 0 Å². The lowest BCUT2D eigenvalue weighted by molar-refractivity contribution is 0.255. The van der Waals surface area contributed by atoms with Crippen LogP contribution >= 0.6 is 0 Å². The van der Waals surface area contributed by atoms with E-state index in [0.29, 0.717) is 11.3 Å². The van der Waals surface area contributed by atoms with E-state index in [-0.39, 0.29) is 11.6 Å². The molecule has 2 amide bonds. The number of carbonyl (C=O) groups excluding carboxylic acids is 1. The van der Waals surface area contributed by atoms with Gasteiger partial charge in [0.05, 0.1) is 0 Å². The van der Waals surface area contributed by atoms with Gasteiger partial charge in [-0.3, -0.25) is 0 Å². The standard InChI is InChI=1S/C15H13FN2O2/c16-14-7-2-1-4-11(14)8-9-17-15(20)18-12-5-3-6-13(19)10-12/h1-10,19H,(H2,17,18,20)/b9-8+. The molecule has 2 aromatic rings. The Morgan fingerprint density at radius 3 is 2.70 bits per heavy atom. The second kappa shape index (κ2) is 6.38. The largest absolute Gasteiger partial charge is 0.508 e. The molecule has 0 atom stereocenters. The number of phenolic OH excluding ortho intramolecular Hbond substituents is 1. The van der Waals surface area contributed by atoms with E-state index in [4.69, 9.17) is 0 Å². The number of benzene rings is 2. The summed E-state index contributed by atoms with van der Waals surface area (Å²) < 4.78 is 13.3. The molecule has 0 aromatic heterocycles. The van der Waals surface area contributed by atoms with E-state index in [1.807, 2.05) is 0 Å². The highest BCUT2D eigenvalue weighted by atomic mass is 19.1. The van der Waals surface area contributed by atoms with Crippen molar-refractivity contribution in [2.75, 3.05) is 5.32 Å². The Morgan fingerprint density at radius 1 is 1.15 bits per heavy atom. The highest BCUT2D eigenvalue weighted by Crippen LogP contribution is 2.15. The third kappa shape index (κ3) is 3.84. The molecular weight excluding hydrogens is 259 g/mol. The first-order valence-electron chi connectivity index (χ1n) is 5.93. The van der Waals surface area contributed by atoms with Crippen LogP contribution in [0.3, 0.4) is 0 Å². The third-order valence-corrected chi connectivity index (χ3v) is 2.49. The molecule has 102 valence electrons. The number of halogens is 1. The molecule has 20 heavy (non-hydrogen) atoms. The van der Waals surface area contributed by atoms with Crippen molar-refractivity contribution in [3.63, 3.8) is 0 Å². The summed E-state index contributed by atoms with van der Waals surface area (Å²) >= 11 is 0. The van der Waals surface area contributed by atoms with Crippen molar-refractivity contribution in [3.05, 3.63) is 66.1 Å². The molecule has 2 aromatic carbocycles. The predicted molar refractivity (Wildman–Crippen MR) is 75.7 cm³/mol. The molecule has 0 fully saturated rings. The minimum atomic E-state index is -0.483. The van der Waals surface area contributed by atoms with Gasteiger partial charge in [-0.1, -0.05) is 24.3 Å². The fourth-order valence-electron chi connectivity index (χ4n) is 1.57. The quantitative estimate of drug-likeness (QED) is 0.802. The lowest BCUT2D eigenvalue weighted by Crippen LogP contribution is -2.23. The number of phenols is 1. The Hall–Kier alpha value is -2.82. The fraction of sp³-hybridized carbons (Fsp3) is 0. The molecule has 4 nitrogen and oxygen atoms in total. The minimum Gasteiger partial charge on any atom is -0.508 e. The zero-order valence-corrected chi connectivity index (χ0v) is 10.5. The molecule has 5 heteroatoms. The van der Waals surface area contributed by atoms with Crippen LogP contribution in [-0.4, -0.2) is 11.1 Å². The number of urea groups is 1. The number of anilines is 1. The van der Waals surface area contributed by atoms with Crippen LogP contribution in [-0.2, 0) is 0 Å². The summed E-state index contributed by atoms with van der Waals surface area (Å²) in [4.78, 5) is 11.6. The normalized spacial score (nSPS) is 10.4. The van der Waals surface area contributed by atoms with Crippen molar-refractivity contribution >= 4 is 17.8 Å². The second-order valence-corrected chi connectivity index (χ2v) is 4.00. The maximum Gasteiger partial charge on any atom is 0.323 e. The first kappa shape index (κ1) is 13.6. The van der Waals surface area contributed by atoms with E-state index in [1.165, 1.54) is 30.5 Å². The SMILES string of the molecule is O=C(N/C=C/c1ccccc1F)Nc1cccc(O)c1. The zero-order valence-electron chi connectivity index (χ0n) is 10.5. The van der Waals surface area contributed by atoms with E-state index >= 15 is 0 Å². The maximum absolute atomic E-state index is 13.3. The van der Waals surface area contributed by atoms with E-state index in [2.05, 4.69) is 10.6 Å². The van der Waals surface area contributed by atoms with Gasteiger partial charge in [-0.15, -0.1) is 0 Å². The molecule has 2 rings (SSSR count). The second-order valence-electron chi connectivity index (χ2n) is 4.00. The molecule has 0 saturated heterocycles. The van der Waals surface area contributed by atoms with Crippen LogP contribution in [0.4, 0.5) is 14.9 Å². The monoisotopic (exact) mass is 272 g/mol. The summed E-state index contributed by atoms with van der Waals surface area (Å²) in [6.07, 6.45) is 2.80. The average molecular weight is 272 g/mol. The van der Waals surface area contributed by atoms with Crippen LogP contribution in [0, 0.1) is 5.82 Å². The average Bonchev–Trinajstić information content (AvgIpc) is 2.41. The van der Waals surface area contributed by atoms with Crippen LogP contribution in [0.25, 0.3) is 6.08 Å². The number of aromatic hydroxyl groups is 1. The molecular formula is C15H13FN2O2. The number of hydrogen-bond donors (Lipinski definition) is 3. The highest BCUT2D eigenvalue weighted by molar-refractivity contribution is 5.90. The highest BCUT2D eigenvalue weighted by Gasteiger charge is 2.00. The van der Waals surface area contributed by atoms with Gasteiger partial charge >= 0.3 is 6.03 Å². The Balaban J connectivity index is 1.91. The molecule has 0 aliphatic carbocycles. The molecule has 0 radical (unpaired) electrons. The van der Waals surface area contributed by atoms with Gasteiger partial charge in [-0.25, -0.2) is 9.18 Å². The van der Waals surface area contributed by atoms with Gasteiger partial charge in [0.2, 0.25) is 0 Å². The van der Waals surface area contributed by atoms with Crippen LogP contribution in [0.2, 0.25) is 0 Å². The van der Waals surface area contributed by atoms with Crippen molar-refractivity contribution in [3.8, 4) is 5.75 Å². The summed E-state index contributed by atoms with van der Waals surface area (Å²) in [7, 11) is 0. The Labute approximate surface area is 115 Å². The Bertz CT molecular complexity index is 641. The van der Waals surface area contributed by atoms with E-state index in [9.17, 15) is 14.3 Å². The smallest absolute Gasteiger partial charge is 0.323 e.